The van der Waals surface area contributed by atoms with Crippen LogP contribution in [-0.2, 0) is 12.8 Å². The average Bonchev–Trinajstić information content (AvgIpc) is 2.89. The highest BCUT2D eigenvalue weighted by atomic mass is 35.5. The smallest absolute Gasteiger partial charge is 0.145 e. The normalized spacial score (nSPS) is 17.8. The lowest BCUT2D eigenvalue weighted by Gasteiger charge is -2.29. The minimum absolute atomic E-state index is 0.205. The van der Waals surface area contributed by atoms with E-state index in [1.54, 1.807) is 0 Å². The van der Waals surface area contributed by atoms with Crippen LogP contribution in [0.5, 0.6) is 0 Å². The summed E-state index contributed by atoms with van der Waals surface area (Å²) in [6, 6.07) is 13.4. The predicted molar refractivity (Wildman–Crippen MR) is 144 cm³/mol. The summed E-state index contributed by atoms with van der Waals surface area (Å²) in [5, 5.41) is -0.689. The van der Waals surface area contributed by atoms with Crippen LogP contribution in [0.2, 0.25) is 5.02 Å². The minimum atomic E-state index is -1.05. The molecular weight excluding hydrogens is 496 g/mol. The van der Waals surface area contributed by atoms with Crippen LogP contribution in [-0.4, -0.2) is 0 Å². The van der Waals surface area contributed by atoms with Crippen molar-refractivity contribution in [3.05, 3.63) is 93.5 Å². The zero-order valence-corrected chi connectivity index (χ0v) is 22.2. The number of unbranched alkanes of at least 4 members (excludes halogenated alkanes) is 3. The van der Waals surface area contributed by atoms with E-state index in [-0.39, 0.29) is 5.56 Å². The molecule has 0 amide bonds. The van der Waals surface area contributed by atoms with Gasteiger partial charge in [-0.25, -0.2) is 17.6 Å². The molecule has 3 aromatic carbocycles. The zero-order valence-electron chi connectivity index (χ0n) is 21.4. The molecule has 1 saturated carbocycles. The minimum Gasteiger partial charge on any atom is -0.206 e. The first-order chi connectivity index (χ1) is 17.9. The molecule has 0 spiro atoms. The van der Waals surface area contributed by atoms with E-state index >= 15 is 0 Å². The van der Waals surface area contributed by atoms with E-state index in [1.807, 2.05) is 0 Å². The fourth-order valence-corrected chi connectivity index (χ4v) is 5.72. The molecular formula is C32H35ClF4. The molecule has 37 heavy (non-hydrogen) atoms. The molecule has 0 unspecified atom stereocenters. The van der Waals surface area contributed by atoms with Gasteiger partial charge in [0, 0.05) is 0 Å². The van der Waals surface area contributed by atoms with Crippen LogP contribution in [0.25, 0.3) is 11.1 Å². The van der Waals surface area contributed by atoms with Crippen molar-refractivity contribution in [1.29, 1.82) is 0 Å². The zero-order chi connectivity index (χ0) is 26.4. The molecule has 1 aliphatic carbocycles. The quantitative estimate of drug-likeness (QED) is 0.139. The van der Waals surface area contributed by atoms with Crippen molar-refractivity contribution in [1.82, 2.24) is 0 Å². The fourth-order valence-electron chi connectivity index (χ4n) is 5.61. The molecule has 1 fully saturated rings. The van der Waals surface area contributed by atoms with Crippen molar-refractivity contribution in [2.45, 2.75) is 83.5 Å². The predicted octanol–water partition coefficient (Wildman–Crippen LogP) is 10.6. The lowest BCUT2D eigenvalue weighted by atomic mass is 9.76. The molecule has 0 nitrogen and oxygen atoms in total. The van der Waals surface area contributed by atoms with Crippen LogP contribution in [0.15, 0.2) is 48.5 Å². The third-order valence-electron chi connectivity index (χ3n) is 7.83. The maximum atomic E-state index is 14.8. The standard InChI is InChI=1S/C32H35ClF4/c1-2-3-4-5-6-21-9-13-24(14-10-21)25-15-11-22(12-16-25)7-8-23-17-27(34)31(28(35)18-23)26-19-29(36)32(33)30(37)20-26/h9-10,13-14,17-20,22,25H,2-8,11-12,15-16H2,1H3. The highest BCUT2D eigenvalue weighted by Crippen LogP contribution is 2.38. The van der Waals surface area contributed by atoms with Crippen LogP contribution in [0, 0.1) is 29.2 Å². The van der Waals surface area contributed by atoms with Crippen molar-refractivity contribution >= 4 is 11.6 Å². The summed E-state index contributed by atoms with van der Waals surface area (Å²) in [5.41, 5.74) is 2.76. The Hall–Kier alpha value is -2.33. The number of hydrogen-bond acceptors (Lipinski definition) is 0. The first-order valence-corrected chi connectivity index (χ1v) is 13.9. The van der Waals surface area contributed by atoms with E-state index in [0.29, 0.717) is 23.8 Å². The largest absolute Gasteiger partial charge is 0.206 e. The third-order valence-corrected chi connectivity index (χ3v) is 8.19. The summed E-state index contributed by atoms with van der Waals surface area (Å²) < 4.78 is 57.2. The Balaban J connectivity index is 1.29. The molecule has 0 radical (unpaired) electrons. The SMILES string of the molecule is CCCCCCc1ccc(C2CCC(CCc3cc(F)c(-c4cc(F)c(Cl)c(F)c4)c(F)c3)CC2)cc1. The number of hydrogen-bond donors (Lipinski definition) is 0. The van der Waals surface area contributed by atoms with Gasteiger partial charge in [-0.1, -0.05) is 62.1 Å². The van der Waals surface area contributed by atoms with Gasteiger partial charge in [0.15, 0.2) is 0 Å². The second-order valence-electron chi connectivity index (χ2n) is 10.5. The topological polar surface area (TPSA) is 0 Å². The van der Waals surface area contributed by atoms with E-state index in [0.717, 1.165) is 50.7 Å². The molecule has 3 aromatic rings. The van der Waals surface area contributed by atoms with Gasteiger partial charge in [-0.15, -0.1) is 0 Å². The molecule has 1 aliphatic rings. The summed E-state index contributed by atoms with van der Waals surface area (Å²) >= 11 is 5.49. The van der Waals surface area contributed by atoms with Crippen LogP contribution in [0.4, 0.5) is 17.6 Å². The molecule has 0 atom stereocenters. The van der Waals surface area contributed by atoms with Gasteiger partial charge in [0.1, 0.15) is 28.3 Å². The van der Waals surface area contributed by atoms with E-state index in [4.69, 9.17) is 11.6 Å². The lowest BCUT2D eigenvalue weighted by Crippen LogP contribution is -2.14. The second-order valence-corrected chi connectivity index (χ2v) is 10.9. The Morgan fingerprint density at radius 1 is 0.703 bits per heavy atom. The molecule has 0 aromatic heterocycles. The van der Waals surface area contributed by atoms with Gasteiger partial charge in [0.2, 0.25) is 0 Å². The Kier molecular flexibility index (Phi) is 9.70. The van der Waals surface area contributed by atoms with Gasteiger partial charge < -0.3 is 0 Å². The first kappa shape index (κ1) is 27.7. The highest BCUT2D eigenvalue weighted by molar-refractivity contribution is 6.31. The molecule has 198 valence electrons. The number of rotatable bonds is 10. The summed E-state index contributed by atoms with van der Waals surface area (Å²) in [5.74, 6) is -2.64. The van der Waals surface area contributed by atoms with Crippen molar-refractivity contribution in [3.63, 3.8) is 0 Å². The second kappa shape index (κ2) is 13.0. The van der Waals surface area contributed by atoms with Gasteiger partial charge in [0.05, 0.1) is 5.56 Å². The Morgan fingerprint density at radius 2 is 1.32 bits per heavy atom. The van der Waals surface area contributed by atoms with Crippen molar-refractivity contribution in [3.8, 4) is 11.1 Å². The Morgan fingerprint density at radius 3 is 1.92 bits per heavy atom. The summed E-state index contributed by atoms with van der Waals surface area (Å²) in [4.78, 5) is 0. The van der Waals surface area contributed by atoms with Gasteiger partial charge in [-0.2, -0.15) is 0 Å². The van der Waals surface area contributed by atoms with Crippen molar-refractivity contribution in [2.75, 3.05) is 0 Å². The van der Waals surface area contributed by atoms with Gasteiger partial charge >= 0.3 is 0 Å². The number of benzene rings is 3. The van der Waals surface area contributed by atoms with Crippen LogP contribution in [0.3, 0.4) is 0 Å². The summed E-state index contributed by atoms with van der Waals surface area (Å²) in [7, 11) is 0. The fraction of sp³-hybridized carbons (Fsp3) is 0.438. The Bertz CT molecular complexity index is 1130. The maximum absolute atomic E-state index is 14.8. The molecule has 5 heteroatoms. The monoisotopic (exact) mass is 530 g/mol. The van der Waals surface area contributed by atoms with E-state index in [1.165, 1.54) is 48.9 Å². The van der Waals surface area contributed by atoms with E-state index in [2.05, 4.69) is 31.2 Å². The van der Waals surface area contributed by atoms with Gasteiger partial charge in [-0.3, -0.25) is 0 Å². The Labute approximate surface area is 223 Å². The van der Waals surface area contributed by atoms with Crippen LogP contribution >= 0.6 is 11.6 Å². The number of aryl methyl sites for hydroxylation is 2. The molecule has 0 aliphatic heterocycles. The lowest BCUT2D eigenvalue weighted by molar-refractivity contribution is 0.310. The first-order valence-electron chi connectivity index (χ1n) is 13.6. The summed E-state index contributed by atoms with van der Waals surface area (Å²) in [6.45, 7) is 2.23. The van der Waals surface area contributed by atoms with Gasteiger partial charge in [-0.05, 0) is 110 Å². The summed E-state index contributed by atoms with van der Waals surface area (Å²) in [6.07, 6.45) is 12.2. The molecule has 0 N–H and O–H groups in total. The molecule has 0 saturated heterocycles. The average molecular weight is 531 g/mol. The van der Waals surface area contributed by atoms with E-state index in [9.17, 15) is 17.6 Å². The van der Waals surface area contributed by atoms with Crippen LogP contribution in [0.1, 0.15) is 87.3 Å². The van der Waals surface area contributed by atoms with Crippen LogP contribution < -0.4 is 0 Å². The molecule has 0 bridgehead atoms. The third kappa shape index (κ3) is 7.16. The van der Waals surface area contributed by atoms with Crippen molar-refractivity contribution < 1.29 is 17.6 Å². The number of halogens is 5. The molecule has 4 rings (SSSR count). The van der Waals surface area contributed by atoms with E-state index < -0.39 is 33.9 Å². The highest BCUT2D eigenvalue weighted by Gasteiger charge is 2.23. The van der Waals surface area contributed by atoms with Gasteiger partial charge in [0.25, 0.3) is 0 Å². The molecule has 0 heterocycles. The maximum Gasteiger partial charge on any atom is 0.145 e. The van der Waals surface area contributed by atoms with Crippen molar-refractivity contribution in [2.24, 2.45) is 5.92 Å².